The maximum absolute atomic E-state index is 10.6. The lowest BCUT2D eigenvalue weighted by Crippen LogP contribution is -2.17. The number of rotatable bonds is 8. The van der Waals surface area contributed by atoms with Gasteiger partial charge in [-0.2, -0.15) is 0 Å². The molecule has 1 rings (SSSR count). The molecule has 0 atom stereocenters. The van der Waals surface area contributed by atoms with Crippen molar-refractivity contribution in [2.45, 2.75) is 19.9 Å². The second-order valence-corrected chi connectivity index (χ2v) is 4.02. The summed E-state index contributed by atoms with van der Waals surface area (Å²) < 4.78 is 15.4. The fourth-order valence-electron chi connectivity index (χ4n) is 1.73. The van der Waals surface area contributed by atoms with E-state index in [0.29, 0.717) is 13.2 Å². The molecule has 0 spiro atoms. The number of nitrogens with one attached hydrogen (secondary N) is 1. The standard InChI is InChI=1S/C14H21NO4/c1-11(16)19-9-5-8-15-10-12-6-4-7-13(17-2)14(12)18-3/h4,6-7,15H,5,8-10H2,1-3H3. The first kappa shape index (κ1) is 15.3. The number of methoxy groups -OCH3 is 2. The summed E-state index contributed by atoms with van der Waals surface area (Å²) in [5.41, 5.74) is 1.04. The van der Waals surface area contributed by atoms with Gasteiger partial charge >= 0.3 is 5.97 Å². The summed E-state index contributed by atoms with van der Waals surface area (Å²) in [5, 5.41) is 3.27. The summed E-state index contributed by atoms with van der Waals surface area (Å²) in [6.07, 6.45) is 0.784. The van der Waals surface area contributed by atoms with Crippen molar-refractivity contribution in [1.82, 2.24) is 5.32 Å². The van der Waals surface area contributed by atoms with Crippen LogP contribution in [0, 0.1) is 0 Å². The number of carbonyl (C=O) groups excluding carboxylic acids is 1. The average Bonchev–Trinajstić information content (AvgIpc) is 2.41. The van der Waals surface area contributed by atoms with Gasteiger partial charge in [0.05, 0.1) is 20.8 Å². The van der Waals surface area contributed by atoms with Crippen molar-refractivity contribution >= 4 is 5.97 Å². The van der Waals surface area contributed by atoms with Gasteiger partial charge in [-0.25, -0.2) is 0 Å². The van der Waals surface area contributed by atoms with Gasteiger partial charge in [0.2, 0.25) is 0 Å². The average molecular weight is 267 g/mol. The molecule has 0 saturated heterocycles. The molecule has 1 aromatic carbocycles. The zero-order valence-electron chi connectivity index (χ0n) is 11.7. The van der Waals surface area contributed by atoms with E-state index in [1.54, 1.807) is 14.2 Å². The molecule has 0 radical (unpaired) electrons. The summed E-state index contributed by atoms with van der Waals surface area (Å²) >= 11 is 0. The van der Waals surface area contributed by atoms with Crippen LogP contribution in [0.2, 0.25) is 0 Å². The molecule has 0 aliphatic heterocycles. The highest BCUT2D eigenvalue weighted by molar-refractivity contribution is 5.65. The normalized spacial score (nSPS) is 10.1. The maximum Gasteiger partial charge on any atom is 0.302 e. The van der Waals surface area contributed by atoms with Gasteiger partial charge in [0.25, 0.3) is 0 Å². The Morgan fingerprint density at radius 1 is 1.26 bits per heavy atom. The Kier molecular flexibility index (Phi) is 6.74. The van der Waals surface area contributed by atoms with Crippen molar-refractivity contribution in [2.24, 2.45) is 0 Å². The van der Waals surface area contributed by atoms with E-state index in [9.17, 15) is 4.79 Å². The van der Waals surface area contributed by atoms with E-state index in [4.69, 9.17) is 14.2 Å². The fraction of sp³-hybridized carbons (Fsp3) is 0.500. The molecule has 5 heteroatoms. The van der Waals surface area contributed by atoms with Crippen molar-refractivity contribution in [3.8, 4) is 11.5 Å². The maximum atomic E-state index is 10.6. The molecule has 1 aromatic rings. The predicted octanol–water partition coefficient (Wildman–Crippen LogP) is 1.75. The zero-order valence-corrected chi connectivity index (χ0v) is 11.7. The fourth-order valence-corrected chi connectivity index (χ4v) is 1.73. The van der Waals surface area contributed by atoms with Gasteiger partial charge in [-0.1, -0.05) is 12.1 Å². The topological polar surface area (TPSA) is 56.8 Å². The molecular weight excluding hydrogens is 246 g/mol. The molecule has 0 heterocycles. The smallest absolute Gasteiger partial charge is 0.302 e. The minimum atomic E-state index is -0.241. The molecule has 5 nitrogen and oxygen atoms in total. The Morgan fingerprint density at radius 3 is 2.68 bits per heavy atom. The van der Waals surface area contributed by atoms with E-state index in [1.165, 1.54) is 6.92 Å². The van der Waals surface area contributed by atoms with Crippen LogP contribution in [0.3, 0.4) is 0 Å². The Bertz CT molecular complexity index is 406. The molecule has 0 saturated carbocycles. The van der Waals surface area contributed by atoms with Gasteiger partial charge in [-0.15, -0.1) is 0 Å². The Labute approximate surface area is 113 Å². The van der Waals surface area contributed by atoms with Crippen LogP contribution in [0.15, 0.2) is 18.2 Å². The number of carbonyl (C=O) groups is 1. The lowest BCUT2D eigenvalue weighted by Gasteiger charge is -2.13. The van der Waals surface area contributed by atoms with E-state index in [2.05, 4.69) is 5.32 Å². The number of benzene rings is 1. The zero-order chi connectivity index (χ0) is 14.1. The van der Waals surface area contributed by atoms with Gasteiger partial charge in [0, 0.05) is 19.0 Å². The number of ether oxygens (including phenoxy) is 3. The molecule has 0 fully saturated rings. The van der Waals surface area contributed by atoms with Gasteiger partial charge in [-0.3, -0.25) is 4.79 Å². The third kappa shape index (κ3) is 5.18. The van der Waals surface area contributed by atoms with Crippen LogP contribution < -0.4 is 14.8 Å². The third-order valence-electron chi connectivity index (χ3n) is 2.60. The lowest BCUT2D eigenvalue weighted by molar-refractivity contribution is -0.141. The van der Waals surface area contributed by atoms with Crippen LogP contribution in [-0.4, -0.2) is 33.3 Å². The molecule has 1 N–H and O–H groups in total. The second kappa shape index (κ2) is 8.37. The molecule has 0 bridgehead atoms. The Balaban J connectivity index is 2.38. The highest BCUT2D eigenvalue weighted by Crippen LogP contribution is 2.30. The molecule has 0 aromatic heterocycles. The molecule has 0 amide bonds. The first-order valence-corrected chi connectivity index (χ1v) is 6.23. The van der Waals surface area contributed by atoms with Crippen LogP contribution in [-0.2, 0) is 16.1 Å². The van der Waals surface area contributed by atoms with Gasteiger partial charge < -0.3 is 19.5 Å². The minimum Gasteiger partial charge on any atom is -0.493 e. The molecule has 19 heavy (non-hydrogen) atoms. The third-order valence-corrected chi connectivity index (χ3v) is 2.60. The van der Waals surface area contributed by atoms with Crippen molar-refractivity contribution in [2.75, 3.05) is 27.4 Å². The van der Waals surface area contributed by atoms with E-state index >= 15 is 0 Å². The van der Waals surface area contributed by atoms with Crippen LogP contribution in [0.25, 0.3) is 0 Å². The van der Waals surface area contributed by atoms with E-state index in [1.807, 2.05) is 18.2 Å². The monoisotopic (exact) mass is 267 g/mol. The summed E-state index contributed by atoms with van der Waals surface area (Å²) in [5.74, 6) is 1.23. The quantitative estimate of drug-likeness (QED) is 0.574. The predicted molar refractivity (Wildman–Crippen MR) is 72.5 cm³/mol. The van der Waals surface area contributed by atoms with Gasteiger partial charge in [0.1, 0.15) is 0 Å². The Hall–Kier alpha value is -1.75. The molecular formula is C14H21NO4. The van der Waals surface area contributed by atoms with E-state index in [-0.39, 0.29) is 5.97 Å². The summed E-state index contributed by atoms with van der Waals surface area (Å²) in [6, 6.07) is 5.78. The number of esters is 1. The lowest BCUT2D eigenvalue weighted by atomic mass is 10.2. The molecule has 0 aliphatic carbocycles. The van der Waals surface area contributed by atoms with Crippen molar-refractivity contribution in [3.63, 3.8) is 0 Å². The summed E-state index contributed by atoms with van der Waals surface area (Å²) in [6.45, 7) is 3.31. The van der Waals surface area contributed by atoms with Gasteiger partial charge in [0.15, 0.2) is 11.5 Å². The van der Waals surface area contributed by atoms with Crippen molar-refractivity contribution in [3.05, 3.63) is 23.8 Å². The molecule has 0 unspecified atom stereocenters. The first-order chi connectivity index (χ1) is 9.19. The van der Waals surface area contributed by atoms with Crippen LogP contribution in [0.1, 0.15) is 18.9 Å². The van der Waals surface area contributed by atoms with Crippen molar-refractivity contribution in [1.29, 1.82) is 0 Å². The van der Waals surface area contributed by atoms with Crippen LogP contribution in [0.5, 0.6) is 11.5 Å². The Morgan fingerprint density at radius 2 is 2.05 bits per heavy atom. The number of hydrogen-bond acceptors (Lipinski definition) is 5. The highest BCUT2D eigenvalue weighted by Gasteiger charge is 2.08. The first-order valence-electron chi connectivity index (χ1n) is 6.23. The summed E-state index contributed by atoms with van der Waals surface area (Å²) in [4.78, 5) is 10.6. The van der Waals surface area contributed by atoms with E-state index < -0.39 is 0 Å². The summed E-state index contributed by atoms with van der Waals surface area (Å²) in [7, 11) is 3.25. The molecule has 0 aliphatic rings. The largest absolute Gasteiger partial charge is 0.493 e. The SMILES string of the molecule is COc1cccc(CNCCCOC(C)=O)c1OC. The number of hydrogen-bond donors (Lipinski definition) is 1. The van der Waals surface area contributed by atoms with Crippen LogP contribution in [0.4, 0.5) is 0 Å². The van der Waals surface area contributed by atoms with Gasteiger partial charge in [-0.05, 0) is 19.0 Å². The molecule has 106 valence electrons. The second-order valence-electron chi connectivity index (χ2n) is 4.02. The van der Waals surface area contributed by atoms with E-state index in [0.717, 1.165) is 30.0 Å². The van der Waals surface area contributed by atoms with Crippen LogP contribution >= 0.6 is 0 Å². The number of para-hydroxylation sites is 1. The highest BCUT2D eigenvalue weighted by atomic mass is 16.5. The van der Waals surface area contributed by atoms with Crippen molar-refractivity contribution < 1.29 is 19.0 Å². The minimum absolute atomic E-state index is 0.241.